The van der Waals surface area contributed by atoms with Crippen LogP contribution in [0, 0.1) is 12.7 Å². The van der Waals surface area contributed by atoms with E-state index < -0.39 is 0 Å². The lowest BCUT2D eigenvalue weighted by atomic mass is 10.2. The van der Waals surface area contributed by atoms with Crippen molar-refractivity contribution in [2.75, 3.05) is 5.32 Å². The largest absolute Gasteiger partial charge is 0.380 e. The second kappa shape index (κ2) is 5.44. The summed E-state index contributed by atoms with van der Waals surface area (Å²) in [6.07, 6.45) is 1.76. The van der Waals surface area contributed by atoms with E-state index in [0.29, 0.717) is 6.54 Å². The van der Waals surface area contributed by atoms with Crippen LogP contribution in [-0.4, -0.2) is 14.8 Å². The number of pyridine rings is 1. The minimum absolute atomic E-state index is 0.244. The lowest BCUT2D eigenvalue weighted by Gasteiger charge is -2.08. The molecule has 0 bridgehead atoms. The molecule has 0 aliphatic rings. The molecule has 0 aliphatic carbocycles. The van der Waals surface area contributed by atoms with E-state index in [1.54, 1.807) is 16.9 Å². The molecule has 108 valence electrons. The van der Waals surface area contributed by atoms with Crippen molar-refractivity contribution in [2.45, 2.75) is 13.5 Å². The summed E-state index contributed by atoms with van der Waals surface area (Å²) >= 11 is 3.42. The lowest BCUT2D eigenvalue weighted by molar-refractivity contribution is 0.625. The lowest BCUT2D eigenvalue weighted by Crippen LogP contribution is -2.01. The Kier molecular flexibility index (Phi) is 3.63. The molecule has 6 heteroatoms. The third kappa shape index (κ3) is 2.76. The zero-order valence-corrected chi connectivity index (χ0v) is 13.3. The Morgan fingerprint density at radius 1 is 1.33 bits per heavy atom. The van der Waals surface area contributed by atoms with Gasteiger partial charge in [0.05, 0.1) is 17.6 Å². The summed E-state index contributed by atoms with van der Waals surface area (Å²) in [4.78, 5) is 4.41. The van der Waals surface area contributed by atoms with Crippen LogP contribution < -0.4 is 5.32 Å². The molecule has 0 atom stereocenters. The molecule has 2 aromatic heterocycles. The summed E-state index contributed by atoms with van der Waals surface area (Å²) < 4.78 is 15.9. The van der Waals surface area contributed by atoms with Crippen molar-refractivity contribution < 1.29 is 4.39 Å². The van der Waals surface area contributed by atoms with Gasteiger partial charge in [0.15, 0.2) is 5.65 Å². The number of nitrogens with zero attached hydrogens (tertiary/aromatic N) is 3. The van der Waals surface area contributed by atoms with Crippen LogP contribution in [0.15, 0.2) is 34.9 Å². The van der Waals surface area contributed by atoms with Crippen LogP contribution in [0.1, 0.15) is 11.3 Å². The van der Waals surface area contributed by atoms with Gasteiger partial charge in [-0.25, -0.2) is 9.37 Å². The molecule has 0 fully saturated rings. The molecule has 0 aliphatic heterocycles. The van der Waals surface area contributed by atoms with Crippen molar-refractivity contribution >= 4 is 32.7 Å². The number of aryl methyl sites for hydroxylation is 2. The van der Waals surface area contributed by atoms with Crippen molar-refractivity contribution in [1.82, 2.24) is 14.8 Å². The standard InChI is InChI=1S/C15H14BrFN4/c1-9-13-6-12(8-19-15(13)21(2)20-9)18-7-10-5-11(17)3-4-14(10)16/h3-6,8,18H,7H2,1-2H3. The fourth-order valence-corrected chi connectivity index (χ4v) is 2.67. The third-order valence-corrected chi connectivity index (χ3v) is 4.13. The number of anilines is 1. The number of benzene rings is 1. The molecule has 2 heterocycles. The highest BCUT2D eigenvalue weighted by molar-refractivity contribution is 9.10. The van der Waals surface area contributed by atoms with Crippen LogP contribution in [0.5, 0.6) is 0 Å². The highest BCUT2D eigenvalue weighted by atomic mass is 79.9. The number of nitrogens with one attached hydrogen (secondary N) is 1. The van der Waals surface area contributed by atoms with Crippen LogP contribution in [0.2, 0.25) is 0 Å². The molecule has 1 aromatic carbocycles. The molecule has 21 heavy (non-hydrogen) atoms. The predicted octanol–water partition coefficient (Wildman–Crippen LogP) is 3.79. The molecule has 1 N–H and O–H groups in total. The van der Waals surface area contributed by atoms with E-state index in [0.717, 1.165) is 32.5 Å². The Labute approximate surface area is 130 Å². The van der Waals surface area contributed by atoms with Crippen molar-refractivity contribution in [2.24, 2.45) is 7.05 Å². The molecule has 3 aromatic rings. The Balaban J connectivity index is 1.85. The molecule has 4 nitrogen and oxygen atoms in total. The van der Waals surface area contributed by atoms with Gasteiger partial charge in [0.2, 0.25) is 0 Å². The Bertz CT molecular complexity index is 813. The number of aromatic nitrogens is 3. The number of halogens is 2. The first-order valence-electron chi connectivity index (χ1n) is 6.52. The van der Waals surface area contributed by atoms with Crippen LogP contribution >= 0.6 is 15.9 Å². The van der Waals surface area contributed by atoms with E-state index in [1.807, 2.05) is 20.0 Å². The van der Waals surface area contributed by atoms with Gasteiger partial charge >= 0.3 is 0 Å². The van der Waals surface area contributed by atoms with Gasteiger partial charge < -0.3 is 5.32 Å². The highest BCUT2D eigenvalue weighted by Crippen LogP contribution is 2.22. The predicted molar refractivity (Wildman–Crippen MR) is 84.7 cm³/mol. The fraction of sp³-hybridized carbons (Fsp3) is 0.200. The van der Waals surface area contributed by atoms with Crippen molar-refractivity contribution in [3.05, 3.63) is 52.0 Å². The summed E-state index contributed by atoms with van der Waals surface area (Å²) in [5.41, 5.74) is 3.54. The van der Waals surface area contributed by atoms with E-state index in [-0.39, 0.29) is 5.82 Å². The van der Waals surface area contributed by atoms with Crippen LogP contribution in [0.25, 0.3) is 11.0 Å². The first-order valence-corrected chi connectivity index (χ1v) is 7.31. The number of hydrogen-bond donors (Lipinski definition) is 1. The maximum Gasteiger partial charge on any atom is 0.157 e. The van der Waals surface area contributed by atoms with Crippen LogP contribution in [-0.2, 0) is 13.6 Å². The molecule has 0 saturated carbocycles. The van der Waals surface area contributed by atoms with Gasteiger partial charge in [-0.3, -0.25) is 4.68 Å². The Morgan fingerprint density at radius 2 is 2.14 bits per heavy atom. The molecule has 0 spiro atoms. The molecular weight excluding hydrogens is 335 g/mol. The Morgan fingerprint density at radius 3 is 2.95 bits per heavy atom. The monoisotopic (exact) mass is 348 g/mol. The van der Waals surface area contributed by atoms with E-state index in [9.17, 15) is 4.39 Å². The Hall–Kier alpha value is -1.95. The van der Waals surface area contributed by atoms with Gasteiger partial charge in [0.25, 0.3) is 0 Å². The fourth-order valence-electron chi connectivity index (χ4n) is 2.28. The zero-order chi connectivity index (χ0) is 15.0. The van der Waals surface area contributed by atoms with Crippen LogP contribution in [0.4, 0.5) is 10.1 Å². The van der Waals surface area contributed by atoms with E-state index >= 15 is 0 Å². The van der Waals surface area contributed by atoms with Gasteiger partial charge in [0, 0.05) is 23.5 Å². The molecule has 0 radical (unpaired) electrons. The second-order valence-corrected chi connectivity index (χ2v) is 5.75. The number of rotatable bonds is 3. The average Bonchev–Trinajstić information content (AvgIpc) is 2.75. The van der Waals surface area contributed by atoms with E-state index in [1.165, 1.54) is 12.1 Å². The van der Waals surface area contributed by atoms with Gasteiger partial charge in [-0.1, -0.05) is 15.9 Å². The second-order valence-electron chi connectivity index (χ2n) is 4.89. The summed E-state index contributed by atoms with van der Waals surface area (Å²) in [7, 11) is 1.87. The van der Waals surface area contributed by atoms with Gasteiger partial charge in [-0.05, 0) is 36.8 Å². The van der Waals surface area contributed by atoms with Crippen molar-refractivity contribution in [1.29, 1.82) is 0 Å². The van der Waals surface area contributed by atoms with E-state index in [4.69, 9.17) is 0 Å². The highest BCUT2D eigenvalue weighted by Gasteiger charge is 2.07. The first-order chi connectivity index (χ1) is 10.0. The molecule has 3 rings (SSSR count). The smallest absolute Gasteiger partial charge is 0.157 e. The molecule has 0 unspecified atom stereocenters. The van der Waals surface area contributed by atoms with Crippen molar-refractivity contribution in [3.8, 4) is 0 Å². The maximum absolute atomic E-state index is 13.3. The SMILES string of the molecule is Cc1nn(C)c2ncc(NCc3cc(F)ccc3Br)cc12. The summed E-state index contributed by atoms with van der Waals surface area (Å²) in [5, 5.41) is 8.62. The zero-order valence-electron chi connectivity index (χ0n) is 11.7. The summed E-state index contributed by atoms with van der Waals surface area (Å²) in [6.45, 7) is 2.47. The van der Waals surface area contributed by atoms with Crippen LogP contribution in [0.3, 0.4) is 0 Å². The normalized spacial score (nSPS) is 11.0. The van der Waals surface area contributed by atoms with Crippen molar-refractivity contribution in [3.63, 3.8) is 0 Å². The third-order valence-electron chi connectivity index (χ3n) is 3.35. The minimum Gasteiger partial charge on any atom is -0.380 e. The number of fused-ring (bicyclic) bond motifs is 1. The van der Waals surface area contributed by atoms with E-state index in [2.05, 4.69) is 31.3 Å². The van der Waals surface area contributed by atoms with Gasteiger partial charge in [-0.15, -0.1) is 0 Å². The minimum atomic E-state index is -0.244. The van der Waals surface area contributed by atoms with Gasteiger partial charge in [0.1, 0.15) is 5.82 Å². The quantitative estimate of drug-likeness (QED) is 0.782. The maximum atomic E-state index is 13.3. The molecular formula is C15H14BrFN4. The summed E-state index contributed by atoms with van der Waals surface area (Å²) in [6, 6.07) is 6.66. The molecule has 0 saturated heterocycles. The first kappa shape index (κ1) is 14.0. The number of hydrogen-bond acceptors (Lipinski definition) is 3. The molecule has 0 amide bonds. The summed E-state index contributed by atoms with van der Waals surface area (Å²) in [5.74, 6) is -0.244. The van der Waals surface area contributed by atoms with Gasteiger partial charge in [-0.2, -0.15) is 5.10 Å². The topological polar surface area (TPSA) is 42.7 Å². The average molecular weight is 349 g/mol.